The van der Waals surface area contributed by atoms with Crippen LogP contribution in [0.4, 0.5) is 0 Å². The smallest absolute Gasteiger partial charge is 0.298 e. The maximum Gasteiger partial charge on any atom is 0.358 e. The van der Waals surface area contributed by atoms with Gasteiger partial charge in [-0.05, 0) is 6.42 Å². The van der Waals surface area contributed by atoms with Crippen molar-refractivity contribution in [3.8, 4) is 0 Å². The third-order valence-corrected chi connectivity index (χ3v) is 3.68. The second kappa shape index (κ2) is 10.7. The molecule has 0 atom stereocenters. The van der Waals surface area contributed by atoms with Crippen molar-refractivity contribution in [2.75, 3.05) is 6.54 Å². The highest BCUT2D eigenvalue weighted by molar-refractivity contribution is 7.83. The molecule has 0 rings (SSSR count). The van der Waals surface area contributed by atoms with E-state index in [1.165, 1.54) is 38.5 Å². The van der Waals surface area contributed by atoms with E-state index in [0.717, 1.165) is 19.3 Å². The molecule has 0 heterocycles. The Hall–Kier alpha value is -0.170. The van der Waals surface area contributed by atoms with Gasteiger partial charge in [0, 0.05) is 6.54 Å². The fourth-order valence-electron chi connectivity index (χ4n) is 1.85. The highest BCUT2D eigenvalue weighted by Gasteiger charge is 2.14. The number of hydrogen-bond donors (Lipinski definition) is 2. The van der Waals surface area contributed by atoms with Gasteiger partial charge in [-0.15, -0.1) is 0 Å². The van der Waals surface area contributed by atoms with Gasteiger partial charge in [-0.3, -0.25) is 9.76 Å². The van der Waals surface area contributed by atoms with Crippen LogP contribution in [0.1, 0.15) is 71.1 Å². The molecule has 0 aliphatic rings. The Bertz CT molecular complexity index is 280. The summed E-state index contributed by atoms with van der Waals surface area (Å²) in [5, 5.41) is 8.90. The summed E-state index contributed by atoms with van der Waals surface area (Å²) in [6, 6.07) is 0. The molecule has 6 heteroatoms. The van der Waals surface area contributed by atoms with E-state index in [4.69, 9.17) is 9.76 Å². The lowest BCUT2D eigenvalue weighted by atomic mass is 10.1. The summed E-state index contributed by atoms with van der Waals surface area (Å²) in [5.74, 6) is 0. The maximum atomic E-state index is 10.5. The fraction of sp³-hybridized carbons (Fsp3) is 1.00. The highest BCUT2D eigenvalue weighted by Crippen LogP contribution is 2.10. The normalized spacial score (nSPS) is 12.2. The lowest BCUT2D eigenvalue weighted by molar-refractivity contribution is -0.00787. The Kier molecular flexibility index (Phi) is 10.6. The number of nitrogens with zero attached hydrogens (tertiary/aromatic N) is 1. The van der Waals surface area contributed by atoms with Crippen LogP contribution in [-0.2, 0) is 10.3 Å². The molecule has 0 aromatic carbocycles. The Balaban J connectivity index is 3.22. The van der Waals surface area contributed by atoms with Crippen LogP contribution >= 0.6 is 0 Å². The SMILES string of the molecule is CCCCCCCCCCCCN(O)S(=O)(=O)O. The minimum absolute atomic E-state index is 0.00223. The molecule has 0 aromatic rings. The molecule has 0 amide bonds. The van der Waals surface area contributed by atoms with Crippen LogP contribution in [0.2, 0.25) is 0 Å². The summed E-state index contributed by atoms with van der Waals surface area (Å²) in [7, 11) is -4.42. The van der Waals surface area contributed by atoms with Crippen molar-refractivity contribution in [1.82, 2.24) is 4.47 Å². The second-order valence-electron chi connectivity index (χ2n) is 4.71. The van der Waals surface area contributed by atoms with Gasteiger partial charge in [0.05, 0.1) is 0 Å². The van der Waals surface area contributed by atoms with Crippen molar-refractivity contribution in [2.45, 2.75) is 71.1 Å². The molecule has 2 N–H and O–H groups in total. The van der Waals surface area contributed by atoms with E-state index in [9.17, 15) is 8.42 Å². The number of hydrogen-bond acceptors (Lipinski definition) is 3. The zero-order valence-electron chi connectivity index (χ0n) is 11.3. The first-order chi connectivity index (χ1) is 8.48. The largest absolute Gasteiger partial charge is 0.358 e. The first-order valence-corrected chi connectivity index (χ1v) is 8.32. The molecule has 0 bridgehead atoms. The summed E-state index contributed by atoms with van der Waals surface area (Å²) in [6.07, 6.45) is 11.4. The third kappa shape index (κ3) is 11.0. The van der Waals surface area contributed by atoms with Crippen LogP contribution in [0.5, 0.6) is 0 Å². The van der Waals surface area contributed by atoms with Crippen LogP contribution in [0.15, 0.2) is 0 Å². The predicted molar refractivity (Wildman–Crippen MR) is 71.9 cm³/mol. The van der Waals surface area contributed by atoms with E-state index >= 15 is 0 Å². The Morgan fingerprint density at radius 3 is 1.61 bits per heavy atom. The standard InChI is InChI=1S/C12H27NO4S/c1-2-3-4-5-6-7-8-9-10-11-12-13(14)18(15,16)17/h14H,2-12H2,1H3,(H,15,16,17). The minimum atomic E-state index is -4.42. The summed E-state index contributed by atoms with van der Waals surface area (Å²) in [4.78, 5) is 0. The molecular weight excluding hydrogens is 254 g/mol. The summed E-state index contributed by atoms with van der Waals surface area (Å²) in [5.41, 5.74) is 0. The molecule has 18 heavy (non-hydrogen) atoms. The fourth-order valence-corrected chi connectivity index (χ4v) is 2.21. The van der Waals surface area contributed by atoms with Gasteiger partial charge in [-0.1, -0.05) is 69.2 Å². The maximum absolute atomic E-state index is 10.5. The zero-order valence-corrected chi connectivity index (χ0v) is 12.2. The van der Waals surface area contributed by atoms with Crippen molar-refractivity contribution >= 4 is 10.3 Å². The van der Waals surface area contributed by atoms with Crippen LogP contribution in [0, 0.1) is 0 Å². The summed E-state index contributed by atoms with van der Waals surface area (Å²) in [6.45, 7) is 2.17. The van der Waals surface area contributed by atoms with E-state index < -0.39 is 10.3 Å². The van der Waals surface area contributed by atoms with Gasteiger partial charge in [-0.25, -0.2) is 0 Å². The summed E-state index contributed by atoms with van der Waals surface area (Å²) >= 11 is 0. The zero-order chi connectivity index (χ0) is 13.9. The van der Waals surface area contributed by atoms with Crippen LogP contribution in [0.25, 0.3) is 0 Å². The van der Waals surface area contributed by atoms with Gasteiger partial charge in [0.1, 0.15) is 0 Å². The monoisotopic (exact) mass is 281 g/mol. The van der Waals surface area contributed by atoms with Crippen molar-refractivity contribution in [3.63, 3.8) is 0 Å². The minimum Gasteiger partial charge on any atom is -0.298 e. The molecule has 0 aromatic heterocycles. The molecule has 5 nitrogen and oxygen atoms in total. The average Bonchev–Trinajstić information content (AvgIpc) is 2.30. The quantitative estimate of drug-likeness (QED) is 0.326. The van der Waals surface area contributed by atoms with E-state index in [-0.39, 0.29) is 11.0 Å². The van der Waals surface area contributed by atoms with Crippen LogP contribution in [0.3, 0.4) is 0 Å². The van der Waals surface area contributed by atoms with E-state index in [2.05, 4.69) is 6.92 Å². The third-order valence-electron chi connectivity index (χ3n) is 2.97. The van der Waals surface area contributed by atoms with Crippen LogP contribution in [-0.4, -0.2) is 29.2 Å². The Labute approximate surface area is 111 Å². The molecule has 110 valence electrons. The van der Waals surface area contributed by atoms with Crippen molar-refractivity contribution in [2.24, 2.45) is 0 Å². The number of unbranched alkanes of at least 4 members (excludes halogenated alkanes) is 9. The van der Waals surface area contributed by atoms with Gasteiger partial charge in [0.25, 0.3) is 0 Å². The average molecular weight is 281 g/mol. The van der Waals surface area contributed by atoms with E-state index in [1.807, 2.05) is 0 Å². The molecule has 0 spiro atoms. The van der Waals surface area contributed by atoms with Crippen molar-refractivity contribution in [1.29, 1.82) is 0 Å². The topological polar surface area (TPSA) is 77.8 Å². The highest BCUT2D eigenvalue weighted by atomic mass is 32.2. The second-order valence-corrected chi connectivity index (χ2v) is 6.02. The molecule has 0 aliphatic carbocycles. The molecular formula is C12H27NO4S. The molecule has 0 fully saturated rings. The van der Waals surface area contributed by atoms with Gasteiger partial charge in [-0.2, -0.15) is 8.42 Å². The van der Waals surface area contributed by atoms with Gasteiger partial charge in [0.15, 0.2) is 0 Å². The molecule has 0 saturated carbocycles. The molecule has 0 saturated heterocycles. The van der Waals surface area contributed by atoms with Crippen molar-refractivity contribution in [3.05, 3.63) is 0 Å². The molecule has 0 aliphatic heterocycles. The van der Waals surface area contributed by atoms with Crippen LogP contribution < -0.4 is 0 Å². The van der Waals surface area contributed by atoms with E-state index in [1.54, 1.807) is 0 Å². The number of hydroxylamine groups is 1. The first-order valence-electron chi connectivity index (χ1n) is 6.92. The number of rotatable bonds is 12. The summed E-state index contributed by atoms with van der Waals surface area (Å²) < 4.78 is 29.4. The first kappa shape index (κ1) is 17.8. The lowest BCUT2D eigenvalue weighted by Crippen LogP contribution is -2.27. The van der Waals surface area contributed by atoms with Gasteiger partial charge in [0.2, 0.25) is 0 Å². The van der Waals surface area contributed by atoms with Gasteiger partial charge < -0.3 is 0 Å². The van der Waals surface area contributed by atoms with Crippen molar-refractivity contribution < 1.29 is 18.2 Å². The molecule has 0 radical (unpaired) electrons. The Morgan fingerprint density at radius 1 is 0.833 bits per heavy atom. The molecule has 0 unspecified atom stereocenters. The van der Waals surface area contributed by atoms with E-state index in [0.29, 0.717) is 6.42 Å². The lowest BCUT2D eigenvalue weighted by Gasteiger charge is -2.09. The van der Waals surface area contributed by atoms with Gasteiger partial charge >= 0.3 is 10.3 Å². The predicted octanol–water partition coefficient (Wildman–Crippen LogP) is 3.40. The Morgan fingerprint density at radius 2 is 1.22 bits per heavy atom.